The van der Waals surface area contributed by atoms with Gasteiger partial charge in [-0.15, -0.1) is 0 Å². The summed E-state index contributed by atoms with van der Waals surface area (Å²) in [7, 11) is 0. The molecule has 0 radical (unpaired) electrons. The molecule has 1 aromatic heterocycles. The predicted molar refractivity (Wildman–Crippen MR) is 64.7 cm³/mol. The first-order chi connectivity index (χ1) is 8.08. The number of hydrogen-bond acceptors (Lipinski definition) is 4. The van der Waals surface area contributed by atoms with Gasteiger partial charge in [0.05, 0.1) is 17.6 Å². The van der Waals surface area contributed by atoms with E-state index in [1.165, 1.54) is 0 Å². The second-order valence-corrected chi connectivity index (χ2v) is 3.86. The number of rotatable bonds is 3. The van der Waals surface area contributed by atoms with E-state index in [1.54, 1.807) is 22.8 Å². The number of aromatic nitrogens is 2. The van der Waals surface area contributed by atoms with Crippen molar-refractivity contribution >= 4 is 34.7 Å². The summed E-state index contributed by atoms with van der Waals surface area (Å²) in [5.74, 6) is 0.343. The van der Waals surface area contributed by atoms with Gasteiger partial charge in [0.1, 0.15) is 6.61 Å². The van der Waals surface area contributed by atoms with Crippen LogP contribution in [0.1, 0.15) is 0 Å². The highest BCUT2D eigenvalue weighted by molar-refractivity contribution is 6.31. The van der Waals surface area contributed by atoms with Gasteiger partial charge < -0.3 is 20.8 Å². The second-order valence-electron chi connectivity index (χ2n) is 3.42. The largest absolute Gasteiger partial charge is 0.448 e. The average Bonchev–Trinajstić information content (AvgIpc) is 2.55. The highest BCUT2D eigenvalue weighted by Crippen LogP contribution is 2.21. The van der Waals surface area contributed by atoms with Crippen molar-refractivity contribution in [3.05, 3.63) is 23.2 Å². The molecule has 2 aromatic rings. The zero-order chi connectivity index (χ0) is 12.4. The van der Waals surface area contributed by atoms with Crippen LogP contribution in [0.2, 0.25) is 5.02 Å². The van der Waals surface area contributed by atoms with Crippen LogP contribution in [-0.2, 0) is 11.3 Å². The van der Waals surface area contributed by atoms with Crippen molar-refractivity contribution in [3.8, 4) is 0 Å². The minimum Gasteiger partial charge on any atom is -0.448 e. The number of nitrogens with zero attached hydrogens (tertiary/aromatic N) is 2. The Morgan fingerprint density at radius 1 is 1.53 bits per heavy atom. The minimum absolute atomic E-state index is 0.136. The Kier molecular flexibility index (Phi) is 3.06. The SMILES string of the molecule is NC(=O)OCCn1c(N)nc2ccc(Cl)cc21. The van der Waals surface area contributed by atoms with Crippen LogP contribution >= 0.6 is 11.6 Å². The second kappa shape index (κ2) is 4.50. The molecule has 90 valence electrons. The first-order valence-corrected chi connectivity index (χ1v) is 5.29. The Bertz CT molecular complexity index is 567. The molecule has 0 unspecified atom stereocenters. The smallest absolute Gasteiger partial charge is 0.404 e. The van der Waals surface area contributed by atoms with E-state index in [-0.39, 0.29) is 6.61 Å². The minimum atomic E-state index is -0.814. The maximum absolute atomic E-state index is 10.5. The number of amides is 1. The zero-order valence-electron chi connectivity index (χ0n) is 8.89. The first kappa shape index (κ1) is 11.5. The predicted octanol–water partition coefficient (Wildman–Crippen LogP) is 1.37. The Morgan fingerprint density at radius 3 is 3.00 bits per heavy atom. The van der Waals surface area contributed by atoms with Crippen LogP contribution in [0.5, 0.6) is 0 Å². The number of primary amides is 1. The highest BCUT2D eigenvalue weighted by Gasteiger charge is 2.08. The van der Waals surface area contributed by atoms with E-state index in [0.717, 1.165) is 11.0 Å². The van der Waals surface area contributed by atoms with Gasteiger partial charge in [-0.1, -0.05) is 11.6 Å². The molecule has 17 heavy (non-hydrogen) atoms. The molecule has 0 aliphatic rings. The molecule has 0 bridgehead atoms. The van der Waals surface area contributed by atoms with Gasteiger partial charge in [0.15, 0.2) is 0 Å². The van der Waals surface area contributed by atoms with Crippen LogP contribution in [0, 0.1) is 0 Å². The maximum Gasteiger partial charge on any atom is 0.404 e. The van der Waals surface area contributed by atoms with Crippen molar-refractivity contribution in [3.63, 3.8) is 0 Å². The number of carbonyl (C=O) groups is 1. The molecule has 2 rings (SSSR count). The number of halogens is 1. The molecule has 1 aromatic carbocycles. The molecule has 4 N–H and O–H groups in total. The van der Waals surface area contributed by atoms with E-state index < -0.39 is 6.09 Å². The average molecular weight is 255 g/mol. The molecule has 0 aliphatic heterocycles. The summed E-state index contributed by atoms with van der Waals surface area (Å²) in [6.07, 6.45) is -0.814. The van der Waals surface area contributed by atoms with Crippen LogP contribution in [0.4, 0.5) is 10.7 Å². The highest BCUT2D eigenvalue weighted by atomic mass is 35.5. The Labute approximate surface area is 102 Å². The number of nitrogens with two attached hydrogens (primary N) is 2. The van der Waals surface area contributed by atoms with Gasteiger partial charge in [-0.2, -0.15) is 0 Å². The summed E-state index contributed by atoms with van der Waals surface area (Å²) in [5.41, 5.74) is 12.2. The van der Waals surface area contributed by atoms with E-state index in [2.05, 4.69) is 9.72 Å². The van der Waals surface area contributed by atoms with Crippen LogP contribution in [0.15, 0.2) is 18.2 Å². The topological polar surface area (TPSA) is 96.2 Å². The van der Waals surface area contributed by atoms with E-state index in [9.17, 15) is 4.79 Å². The molecule has 1 heterocycles. The van der Waals surface area contributed by atoms with E-state index in [0.29, 0.717) is 17.5 Å². The van der Waals surface area contributed by atoms with Gasteiger partial charge in [0, 0.05) is 5.02 Å². The van der Waals surface area contributed by atoms with Gasteiger partial charge in [0.2, 0.25) is 5.95 Å². The first-order valence-electron chi connectivity index (χ1n) is 4.91. The van der Waals surface area contributed by atoms with Crippen LogP contribution in [-0.4, -0.2) is 22.3 Å². The third-order valence-electron chi connectivity index (χ3n) is 2.30. The van der Waals surface area contributed by atoms with Crippen molar-refractivity contribution in [1.29, 1.82) is 0 Å². The van der Waals surface area contributed by atoms with Gasteiger partial charge >= 0.3 is 6.09 Å². The van der Waals surface area contributed by atoms with Crippen molar-refractivity contribution in [2.75, 3.05) is 12.3 Å². The van der Waals surface area contributed by atoms with E-state index in [4.69, 9.17) is 23.1 Å². The van der Waals surface area contributed by atoms with Crippen molar-refractivity contribution < 1.29 is 9.53 Å². The number of nitrogen functional groups attached to an aromatic ring is 1. The standard InChI is InChI=1S/C10H11ClN4O2/c11-6-1-2-7-8(5-6)15(9(12)14-7)3-4-17-10(13)16/h1-2,5H,3-4H2,(H2,12,14)(H2,13,16). The Morgan fingerprint density at radius 2 is 2.29 bits per heavy atom. The summed E-state index contributed by atoms with van der Waals surface area (Å²) < 4.78 is 6.36. The fourth-order valence-corrected chi connectivity index (χ4v) is 1.75. The Hall–Kier alpha value is -1.95. The number of carbonyl (C=O) groups excluding carboxylic acids is 1. The summed E-state index contributed by atoms with van der Waals surface area (Å²) in [5, 5.41) is 0.592. The lowest BCUT2D eigenvalue weighted by Crippen LogP contribution is -2.17. The molecule has 1 amide bonds. The van der Waals surface area contributed by atoms with E-state index >= 15 is 0 Å². The number of benzene rings is 1. The van der Waals surface area contributed by atoms with Crippen molar-refractivity contribution in [2.24, 2.45) is 5.73 Å². The fraction of sp³-hybridized carbons (Fsp3) is 0.200. The lowest BCUT2D eigenvalue weighted by molar-refractivity contribution is 0.153. The van der Waals surface area contributed by atoms with Crippen LogP contribution in [0.25, 0.3) is 11.0 Å². The molecule has 0 atom stereocenters. The maximum atomic E-state index is 10.5. The number of hydrogen-bond donors (Lipinski definition) is 2. The van der Waals surface area contributed by atoms with Gasteiger partial charge in [-0.3, -0.25) is 0 Å². The molecular weight excluding hydrogens is 244 g/mol. The quantitative estimate of drug-likeness (QED) is 0.864. The van der Waals surface area contributed by atoms with Crippen LogP contribution in [0.3, 0.4) is 0 Å². The van der Waals surface area contributed by atoms with Gasteiger partial charge in [-0.05, 0) is 18.2 Å². The third-order valence-corrected chi connectivity index (χ3v) is 2.53. The zero-order valence-corrected chi connectivity index (χ0v) is 9.65. The van der Waals surface area contributed by atoms with Crippen molar-refractivity contribution in [2.45, 2.75) is 6.54 Å². The molecule has 0 saturated heterocycles. The summed E-state index contributed by atoms with van der Waals surface area (Å²) in [6, 6.07) is 5.27. The molecule has 7 heteroatoms. The van der Waals surface area contributed by atoms with Crippen molar-refractivity contribution in [1.82, 2.24) is 9.55 Å². The van der Waals surface area contributed by atoms with E-state index in [1.807, 2.05) is 0 Å². The summed E-state index contributed by atoms with van der Waals surface area (Å²) in [6.45, 7) is 0.517. The monoisotopic (exact) mass is 254 g/mol. The van der Waals surface area contributed by atoms with Crippen LogP contribution < -0.4 is 11.5 Å². The molecule has 0 aliphatic carbocycles. The molecular formula is C10H11ClN4O2. The fourth-order valence-electron chi connectivity index (χ4n) is 1.59. The van der Waals surface area contributed by atoms with Gasteiger partial charge in [-0.25, -0.2) is 9.78 Å². The Balaban J connectivity index is 2.28. The molecule has 0 saturated carbocycles. The molecule has 6 nitrogen and oxygen atoms in total. The number of fused-ring (bicyclic) bond motifs is 1. The lowest BCUT2D eigenvalue weighted by Gasteiger charge is -2.06. The normalized spacial score (nSPS) is 10.6. The third kappa shape index (κ3) is 2.42. The molecule has 0 fully saturated rings. The number of imidazole rings is 1. The summed E-state index contributed by atoms with van der Waals surface area (Å²) >= 11 is 5.90. The van der Waals surface area contributed by atoms with Gasteiger partial charge in [0.25, 0.3) is 0 Å². The lowest BCUT2D eigenvalue weighted by atomic mass is 10.3. The summed E-state index contributed by atoms with van der Waals surface area (Å²) in [4.78, 5) is 14.6. The number of anilines is 1. The molecule has 0 spiro atoms. The number of ether oxygens (including phenoxy) is 1.